The third kappa shape index (κ3) is 4.09. The van der Waals surface area contributed by atoms with Crippen LogP contribution in [0.1, 0.15) is 30.1 Å². The number of halogens is 1. The van der Waals surface area contributed by atoms with Crippen LogP contribution >= 0.6 is 11.6 Å². The zero-order chi connectivity index (χ0) is 16.2. The molecular formula is C16H19ClN4O2. The van der Waals surface area contributed by atoms with Crippen LogP contribution in [0.5, 0.6) is 0 Å². The summed E-state index contributed by atoms with van der Waals surface area (Å²) < 4.78 is 5.32. The van der Waals surface area contributed by atoms with E-state index in [0.29, 0.717) is 29.7 Å². The van der Waals surface area contributed by atoms with E-state index in [9.17, 15) is 4.79 Å². The predicted molar refractivity (Wildman–Crippen MR) is 85.8 cm³/mol. The van der Waals surface area contributed by atoms with Gasteiger partial charge in [-0.3, -0.25) is 9.69 Å². The van der Waals surface area contributed by atoms with Gasteiger partial charge in [-0.05, 0) is 37.6 Å². The zero-order valence-corrected chi connectivity index (χ0v) is 13.5. The molecule has 0 bridgehead atoms. The van der Waals surface area contributed by atoms with E-state index in [0.717, 1.165) is 31.5 Å². The van der Waals surface area contributed by atoms with Crippen LogP contribution in [0.3, 0.4) is 0 Å². The van der Waals surface area contributed by atoms with Crippen LogP contribution in [0.4, 0.5) is 0 Å². The molecule has 3 rings (SSSR count). The molecule has 0 saturated carbocycles. The molecule has 1 saturated heterocycles. The molecular weight excluding hydrogens is 316 g/mol. The van der Waals surface area contributed by atoms with Gasteiger partial charge >= 0.3 is 0 Å². The zero-order valence-electron chi connectivity index (χ0n) is 12.7. The molecule has 0 unspecified atom stereocenters. The molecule has 1 aromatic carbocycles. The Balaban J connectivity index is 1.56. The van der Waals surface area contributed by atoms with Crippen molar-refractivity contribution in [2.45, 2.75) is 25.8 Å². The Hall–Kier alpha value is -1.92. The highest BCUT2D eigenvalue weighted by Crippen LogP contribution is 2.20. The molecule has 7 heteroatoms. The topological polar surface area (TPSA) is 85.3 Å². The fourth-order valence-electron chi connectivity index (χ4n) is 2.81. The molecule has 1 aliphatic heterocycles. The number of carbonyl (C=O) groups excluding carboxylic acids is 1. The van der Waals surface area contributed by atoms with Crippen LogP contribution in [-0.4, -0.2) is 34.0 Å². The van der Waals surface area contributed by atoms with E-state index in [1.54, 1.807) is 0 Å². The van der Waals surface area contributed by atoms with Crippen molar-refractivity contribution in [1.82, 2.24) is 15.0 Å². The summed E-state index contributed by atoms with van der Waals surface area (Å²) in [5, 5.41) is 4.72. The maximum atomic E-state index is 11.2. The maximum absolute atomic E-state index is 11.2. The number of carbonyl (C=O) groups is 1. The number of likely N-dealkylation sites (tertiary alicyclic amines) is 1. The lowest BCUT2D eigenvalue weighted by Gasteiger charge is -2.29. The predicted octanol–water partition coefficient (Wildman–Crippen LogP) is 2.01. The third-order valence-corrected chi connectivity index (χ3v) is 4.53. The first-order valence-corrected chi connectivity index (χ1v) is 8.06. The molecule has 6 nitrogen and oxygen atoms in total. The van der Waals surface area contributed by atoms with Gasteiger partial charge in [0.05, 0.1) is 6.54 Å². The summed E-state index contributed by atoms with van der Waals surface area (Å²) in [5.74, 6) is 0.999. The van der Waals surface area contributed by atoms with E-state index in [-0.39, 0.29) is 11.8 Å². The number of primary amides is 1. The van der Waals surface area contributed by atoms with Crippen LogP contribution in [-0.2, 0) is 17.8 Å². The molecule has 0 atom stereocenters. The quantitative estimate of drug-likeness (QED) is 0.904. The summed E-state index contributed by atoms with van der Waals surface area (Å²) in [4.78, 5) is 17.8. The first-order valence-electron chi connectivity index (χ1n) is 7.68. The Morgan fingerprint density at radius 2 is 2.09 bits per heavy atom. The Morgan fingerprint density at radius 1 is 1.35 bits per heavy atom. The highest BCUT2D eigenvalue weighted by molar-refractivity contribution is 6.31. The molecule has 2 aromatic rings. The van der Waals surface area contributed by atoms with Crippen molar-refractivity contribution in [3.63, 3.8) is 0 Å². The highest BCUT2D eigenvalue weighted by atomic mass is 35.5. The SMILES string of the molecule is NC(=O)C1CCN(Cc2nc(Cc3ccccc3Cl)no2)CC1. The average Bonchev–Trinajstić information content (AvgIpc) is 2.97. The number of nitrogens with zero attached hydrogens (tertiary/aromatic N) is 3. The highest BCUT2D eigenvalue weighted by Gasteiger charge is 2.24. The van der Waals surface area contributed by atoms with Crippen LogP contribution in [0.2, 0.25) is 5.02 Å². The maximum Gasteiger partial charge on any atom is 0.240 e. The van der Waals surface area contributed by atoms with Gasteiger partial charge in [0.2, 0.25) is 11.8 Å². The van der Waals surface area contributed by atoms with E-state index in [2.05, 4.69) is 15.0 Å². The Labute approximate surface area is 139 Å². The van der Waals surface area contributed by atoms with Gasteiger partial charge in [0, 0.05) is 17.4 Å². The van der Waals surface area contributed by atoms with Crippen LogP contribution < -0.4 is 5.73 Å². The van der Waals surface area contributed by atoms with E-state index < -0.39 is 0 Å². The first kappa shape index (κ1) is 16.0. The fraction of sp³-hybridized carbons (Fsp3) is 0.438. The standard InChI is InChI=1S/C16H19ClN4O2/c17-13-4-2-1-3-12(13)9-14-19-15(23-20-14)10-21-7-5-11(6-8-21)16(18)22/h1-4,11H,5-10H2,(H2,18,22). The summed E-state index contributed by atoms with van der Waals surface area (Å²) >= 11 is 6.14. The summed E-state index contributed by atoms with van der Waals surface area (Å²) in [6.45, 7) is 2.23. The minimum absolute atomic E-state index is 0.00952. The van der Waals surface area contributed by atoms with Crippen molar-refractivity contribution in [2.24, 2.45) is 11.7 Å². The molecule has 1 fully saturated rings. The molecule has 0 aliphatic carbocycles. The second-order valence-electron chi connectivity index (χ2n) is 5.83. The number of aromatic nitrogens is 2. The number of amides is 1. The normalized spacial score (nSPS) is 16.6. The summed E-state index contributed by atoms with van der Waals surface area (Å²) in [5.41, 5.74) is 6.32. The average molecular weight is 335 g/mol. The van der Waals surface area contributed by atoms with Crippen molar-refractivity contribution >= 4 is 17.5 Å². The van der Waals surface area contributed by atoms with Gasteiger partial charge in [0.1, 0.15) is 0 Å². The summed E-state index contributed by atoms with van der Waals surface area (Å²) in [6.07, 6.45) is 2.12. The number of hydrogen-bond acceptors (Lipinski definition) is 5. The first-order chi connectivity index (χ1) is 11.1. The Bertz CT molecular complexity index is 680. The lowest BCUT2D eigenvalue weighted by Crippen LogP contribution is -2.38. The number of benzene rings is 1. The van der Waals surface area contributed by atoms with Gasteiger partial charge < -0.3 is 10.3 Å². The van der Waals surface area contributed by atoms with Crippen molar-refractivity contribution in [3.8, 4) is 0 Å². The van der Waals surface area contributed by atoms with E-state index in [4.69, 9.17) is 21.9 Å². The lowest BCUT2D eigenvalue weighted by atomic mass is 9.96. The molecule has 2 N–H and O–H groups in total. The van der Waals surface area contributed by atoms with Crippen molar-refractivity contribution in [3.05, 3.63) is 46.6 Å². The van der Waals surface area contributed by atoms with Crippen molar-refractivity contribution in [2.75, 3.05) is 13.1 Å². The number of piperidine rings is 1. The molecule has 23 heavy (non-hydrogen) atoms. The van der Waals surface area contributed by atoms with E-state index >= 15 is 0 Å². The fourth-order valence-corrected chi connectivity index (χ4v) is 3.01. The summed E-state index contributed by atoms with van der Waals surface area (Å²) in [7, 11) is 0. The van der Waals surface area contributed by atoms with E-state index in [1.807, 2.05) is 24.3 Å². The molecule has 122 valence electrons. The number of hydrogen-bond donors (Lipinski definition) is 1. The van der Waals surface area contributed by atoms with Gasteiger partial charge in [-0.2, -0.15) is 4.98 Å². The second kappa shape index (κ2) is 7.10. The minimum Gasteiger partial charge on any atom is -0.369 e. The second-order valence-corrected chi connectivity index (χ2v) is 6.23. The van der Waals surface area contributed by atoms with E-state index in [1.165, 1.54) is 0 Å². The Morgan fingerprint density at radius 3 is 2.78 bits per heavy atom. The summed E-state index contributed by atoms with van der Waals surface area (Å²) in [6, 6.07) is 7.63. The molecule has 0 spiro atoms. The van der Waals surface area contributed by atoms with Crippen LogP contribution in [0, 0.1) is 5.92 Å². The number of rotatable bonds is 5. The monoisotopic (exact) mass is 334 g/mol. The largest absolute Gasteiger partial charge is 0.369 e. The van der Waals surface area contributed by atoms with Gasteiger partial charge in [-0.15, -0.1) is 0 Å². The van der Waals surface area contributed by atoms with Crippen molar-refractivity contribution in [1.29, 1.82) is 0 Å². The van der Waals surface area contributed by atoms with Gasteiger partial charge in [0.15, 0.2) is 5.82 Å². The van der Waals surface area contributed by atoms with Gasteiger partial charge in [-0.1, -0.05) is 35.0 Å². The number of nitrogens with two attached hydrogens (primary N) is 1. The minimum atomic E-state index is -0.204. The molecule has 0 radical (unpaired) electrons. The lowest BCUT2D eigenvalue weighted by molar-refractivity contribution is -0.123. The van der Waals surface area contributed by atoms with Crippen LogP contribution in [0.25, 0.3) is 0 Å². The van der Waals surface area contributed by atoms with Crippen molar-refractivity contribution < 1.29 is 9.32 Å². The molecule has 1 aromatic heterocycles. The van der Waals surface area contributed by atoms with Gasteiger partial charge in [0.25, 0.3) is 0 Å². The smallest absolute Gasteiger partial charge is 0.240 e. The molecule has 1 aliphatic rings. The van der Waals surface area contributed by atoms with Crippen LogP contribution in [0.15, 0.2) is 28.8 Å². The molecule has 1 amide bonds. The molecule has 2 heterocycles. The van der Waals surface area contributed by atoms with Gasteiger partial charge in [-0.25, -0.2) is 0 Å². The third-order valence-electron chi connectivity index (χ3n) is 4.17. The Kier molecular flexibility index (Phi) is 4.93.